The third kappa shape index (κ3) is 0.831. The van der Waals surface area contributed by atoms with Gasteiger partial charge >= 0.3 is 5.97 Å². The van der Waals surface area contributed by atoms with Crippen molar-refractivity contribution in [2.45, 2.75) is 19.8 Å². The van der Waals surface area contributed by atoms with Crippen molar-refractivity contribution in [3.05, 3.63) is 0 Å². The first-order chi connectivity index (χ1) is 3.70. The van der Waals surface area contributed by atoms with Crippen LogP contribution in [0.3, 0.4) is 0 Å². The van der Waals surface area contributed by atoms with Crippen LogP contribution in [0.25, 0.3) is 0 Å². The van der Waals surface area contributed by atoms with Crippen molar-refractivity contribution in [1.29, 1.82) is 0 Å². The molecule has 1 aliphatic rings. The lowest BCUT2D eigenvalue weighted by atomic mass is 9.76. The zero-order chi connectivity index (χ0) is 6.15. The predicted molar refractivity (Wildman–Crippen MR) is 27.6 cm³/mol. The normalized spacial score (nSPS) is 36.1. The molecule has 1 radical (unpaired) electrons. The maximum absolute atomic E-state index is 10.0. The smallest absolute Gasteiger partial charge is 0.247 e. The van der Waals surface area contributed by atoms with E-state index < -0.39 is 5.97 Å². The summed E-state index contributed by atoms with van der Waals surface area (Å²) < 4.78 is 0. The number of hydrogen-bond donors (Lipinski definition) is 0. The van der Waals surface area contributed by atoms with Crippen LogP contribution in [0.15, 0.2) is 0 Å². The zero-order valence-electron chi connectivity index (χ0n) is 4.89. The first-order valence-electron chi connectivity index (χ1n) is 2.91. The highest BCUT2D eigenvalue weighted by molar-refractivity contribution is 5.70. The second-order valence-corrected chi connectivity index (χ2v) is 2.59. The van der Waals surface area contributed by atoms with E-state index in [-0.39, 0.29) is 5.92 Å². The Morgan fingerprint density at radius 3 is 2.12 bits per heavy atom. The van der Waals surface area contributed by atoms with Crippen LogP contribution in [0.4, 0.5) is 0 Å². The highest BCUT2D eigenvalue weighted by atomic mass is 16.4. The average molecular weight is 113 g/mol. The summed E-state index contributed by atoms with van der Waals surface area (Å²) in [6.45, 7) is 2.06. The minimum atomic E-state index is -0.872. The molecule has 0 saturated heterocycles. The third-order valence-electron chi connectivity index (χ3n) is 1.71. The summed E-state index contributed by atoms with van der Waals surface area (Å²) in [7, 11) is 0. The average Bonchev–Trinajstić information content (AvgIpc) is 1.57. The second kappa shape index (κ2) is 1.77. The molecule has 0 bridgehead atoms. The predicted octanol–water partition coefficient (Wildman–Crippen LogP) is 0.990. The molecule has 0 spiro atoms. The van der Waals surface area contributed by atoms with Crippen LogP contribution in [-0.2, 0) is 9.90 Å². The van der Waals surface area contributed by atoms with Gasteiger partial charge in [0.2, 0.25) is 0 Å². The highest BCUT2D eigenvalue weighted by Gasteiger charge is 2.32. The van der Waals surface area contributed by atoms with E-state index in [9.17, 15) is 9.90 Å². The Morgan fingerprint density at radius 2 is 2.00 bits per heavy atom. The molecule has 1 fully saturated rings. The summed E-state index contributed by atoms with van der Waals surface area (Å²) in [6, 6.07) is 0. The molecule has 0 aromatic carbocycles. The number of carbonyl (C=O) groups excluding carboxylic acids is 1. The molecular weight excluding hydrogens is 104 g/mol. The summed E-state index contributed by atoms with van der Waals surface area (Å²) in [5.41, 5.74) is 0. The van der Waals surface area contributed by atoms with Crippen molar-refractivity contribution in [3.63, 3.8) is 0 Å². The van der Waals surface area contributed by atoms with Crippen molar-refractivity contribution in [2.24, 2.45) is 11.8 Å². The molecule has 0 unspecified atom stereocenters. The van der Waals surface area contributed by atoms with Gasteiger partial charge in [0.25, 0.3) is 0 Å². The van der Waals surface area contributed by atoms with Crippen LogP contribution in [0.2, 0.25) is 0 Å². The summed E-state index contributed by atoms with van der Waals surface area (Å²) in [5, 5.41) is 10.0. The van der Waals surface area contributed by atoms with Crippen LogP contribution in [0.1, 0.15) is 19.8 Å². The van der Waals surface area contributed by atoms with Crippen molar-refractivity contribution in [2.75, 3.05) is 0 Å². The van der Waals surface area contributed by atoms with Crippen LogP contribution in [0, 0.1) is 11.8 Å². The highest BCUT2D eigenvalue weighted by Crippen LogP contribution is 2.32. The molecule has 0 heterocycles. The standard InChI is InChI=1S/C6H9O2/c1-4-2-5(3-4)6(7)8/h4-5H,2-3H2,1H3. The van der Waals surface area contributed by atoms with Gasteiger partial charge in [0.15, 0.2) is 0 Å². The van der Waals surface area contributed by atoms with E-state index >= 15 is 0 Å². The summed E-state index contributed by atoms with van der Waals surface area (Å²) in [4.78, 5) is 10.0. The minimum Gasteiger partial charge on any atom is -0.247 e. The molecule has 2 nitrogen and oxygen atoms in total. The summed E-state index contributed by atoms with van der Waals surface area (Å²) >= 11 is 0. The van der Waals surface area contributed by atoms with Gasteiger partial charge in [-0.3, -0.25) is 0 Å². The second-order valence-electron chi connectivity index (χ2n) is 2.59. The van der Waals surface area contributed by atoms with E-state index in [1.165, 1.54) is 0 Å². The van der Waals surface area contributed by atoms with E-state index in [1.54, 1.807) is 0 Å². The molecule has 0 N–H and O–H groups in total. The number of hydrogen-bond acceptors (Lipinski definition) is 1. The lowest BCUT2D eigenvalue weighted by Crippen LogP contribution is -2.27. The fourth-order valence-electron chi connectivity index (χ4n) is 1.09. The third-order valence-corrected chi connectivity index (χ3v) is 1.71. The Balaban J connectivity index is 2.25. The molecular formula is C6H9O2. The van der Waals surface area contributed by atoms with Gasteiger partial charge in [-0.2, -0.15) is 0 Å². The van der Waals surface area contributed by atoms with Crippen LogP contribution in [-0.4, -0.2) is 5.97 Å². The Bertz CT molecular complexity index is 103. The quantitative estimate of drug-likeness (QED) is 0.499. The van der Waals surface area contributed by atoms with Crippen LogP contribution >= 0.6 is 0 Å². The van der Waals surface area contributed by atoms with Gasteiger partial charge in [-0.1, -0.05) is 6.92 Å². The van der Waals surface area contributed by atoms with E-state index in [1.807, 2.05) is 0 Å². The fraction of sp³-hybridized carbons (Fsp3) is 0.833. The Hall–Kier alpha value is -0.530. The lowest BCUT2D eigenvalue weighted by molar-refractivity contribution is -0.152. The lowest BCUT2D eigenvalue weighted by Gasteiger charge is -2.27. The van der Waals surface area contributed by atoms with E-state index in [4.69, 9.17) is 0 Å². The molecule has 1 aliphatic carbocycles. The van der Waals surface area contributed by atoms with Gasteiger partial charge in [-0.15, -0.1) is 0 Å². The zero-order valence-corrected chi connectivity index (χ0v) is 4.89. The molecule has 0 aliphatic heterocycles. The van der Waals surface area contributed by atoms with Gasteiger partial charge < -0.3 is 0 Å². The van der Waals surface area contributed by atoms with Crippen molar-refractivity contribution in [3.8, 4) is 0 Å². The van der Waals surface area contributed by atoms with Crippen molar-refractivity contribution >= 4 is 5.97 Å². The molecule has 0 aromatic heterocycles. The molecule has 0 aromatic rings. The molecule has 45 valence electrons. The Labute approximate surface area is 48.5 Å². The van der Waals surface area contributed by atoms with Gasteiger partial charge in [0, 0.05) is 0 Å². The van der Waals surface area contributed by atoms with E-state index in [2.05, 4.69) is 6.92 Å². The Kier molecular flexibility index (Phi) is 1.24. The minimum absolute atomic E-state index is 0.134. The molecule has 1 rings (SSSR count). The first kappa shape index (κ1) is 5.60. The van der Waals surface area contributed by atoms with Crippen LogP contribution in [0.5, 0.6) is 0 Å². The molecule has 8 heavy (non-hydrogen) atoms. The number of carbonyl (C=O) groups is 1. The van der Waals surface area contributed by atoms with Crippen LogP contribution < -0.4 is 0 Å². The summed E-state index contributed by atoms with van der Waals surface area (Å²) in [5.74, 6) is -0.397. The molecule has 1 saturated carbocycles. The molecule has 0 amide bonds. The van der Waals surface area contributed by atoms with Crippen molar-refractivity contribution < 1.29 is 9.90 Å². The fourth-order valence-corrected chi connectivity index (χ4v) is 1.09. The molecule has 0 atom stereocenters. The first-order valence-corrected chi connectivity index (χ1v) is 2.91. The summed E-state index contributed by atoms with van der Waals surface area (Å²) in [6.07, 6.45) is 1.64. The van der Waals surface area contributed by atoms with E-state index in [0.717, 1.165) is 12.8 Å². The van der Waals surface area contributed by atoms with Gasteiger partial charge in [0.1, 0.15) is 0 Å². The maximum Gasteiger partial charge on any atom is 0.358 e. The van der Waals surface area contributed by atoms with Crippen molar-refractivity contribution in [1.82, 2.24) is 0 Å². The van der Waals surface area contributed by atoms with E-state index in [0.29, 0.717) is 5.92 Å². The molecule has 2 heteroatoms. The Morgan fingerprint density at radius 1 is 1.50 bits per heavy atom. The monoisotopic (exact) mass is 113 g/mol. The van der Waals surface area contributed by atoms with Gasteiger partial charge in [-0.25, -0.2) is 9.90 Å². The topological polar surface area (TPSA) is 37.0 Å². The number of rotatable bonds is 1. The largest absolute Gasteiger partial charge is 0.358 e. The van der Waals surface area contributed by atoms with Gasteiger partial charge in [-0.05, 0) is 18.8 Å². The maximum atomic E-state index is 10.0. The van der Waals surface area contributed by atoms with Gasteiger partial charge in [0.05, 0.1) is 5.92 Å². The SMILES string of the molecule is CC1CC(C([O])=O)C1.